The highest BCUT2D eigenvalue weighted by Gasteiger charge is 2.32. The van der Waals surface area contributed by atoms with E-state index in [2.05, 4.69) is 10.6 Å². The van der Waals surface area contributed by atoms with E-state index in [1.54, 1.807) is 7.05 Å². The van der Waals surface area contributed by atoms with Gasteiger partial charge in [0.2, 0.25) is 11.8 Å². The van der Waals surface area contributed by atoms with Crippen molar-refractivity contribution in [2.75, 3.05) is 20.1 Å². The molecule has 2 amide bonds. The largest absolute Gasteiger partial charge is 0.317 e. The summed E-state index contributed by atoms with van der Waals surface area (Å²) in [6.45, 7) is 2.01. The fourth-order valence-electron chi connectivity index (χ4n) is 2.34. The predicted molar refractivity (Wildman–Crippen MR) is 59.8 cm³/mol. The third-order valence-electron chi connectivity index (χ3n) is 3.43. The first-order chi connectivity index (χ1) is 7.68. The molecule has 2 aliphatic rings. The number of hydrogen-bond acceptors (Lipinski definition) is 4. The summed E-state index contributed by atoms with van der Waals surface area (Å²) in [6, 6.07) is 0.252. The maximum atomic E-state index is 11.8. The minimum absolute atomic E-state index is 0.0617. The number of hydrogen-bond donors (Lipinski definition) is 2. The fourth-order valence-corrected chi connectivity index (χ4v) is 2.34. The first-order valence-corrected chi connectivity index (χ1v) is 5.95. The minimum atomic E-state index is -0.161. The van der Waals surface area contributed by atoms with Crippen molar-refractivity contribution in [2.24, 2.45) is 0 Å². The second-order valence-corrected chi connectivity index (χ2v) is 4.57. The van der Waals surface area contributed by atoms with Crippen LogP contribution in [-0.4, -0.2) is 48.9 Å². The highest BCUT2D eigenvalue weighted by molar-refractivity contribution is 6.00. The molecule has 0 radical (unpaired) electrons. The molecule has 0 aromatic heterocycles. The molecule has 1 atom stereocenters. The molecule has 0 bridgehead atoms. The van der Waals surface area contributed by atoms with E-state index in [0.29, 0.717) is 18.9 Å². The van der Waals surface area contributed by atoms with Gasteiger partial charge in [-0.2, -0.15) is 0 Å². The Kier molecular flexibility index (Phi) is 3.56. The molecule has 90 valence electrons. The number of imide groups is 1. The monoisotopic (exact) mass is 225 g/mol. The number of nitrogens with one attached hydrogen (secondary N) is 2. The first kappa shape index (κ1) is 11.5. The van der Waals surface area contributed by atoms with Gasteiger partial charge in [-0.25, -0.2) is 0 Å². The molecule has 2 heterocycles. The van der Waals surface area contributed by atoms with Crippen LogP contribution in [0.5, 0.6) is 0 Å². The maximum absolute atomic E-state index is 11.8. The normalized spacial score (nSPS) is 28.6. The van der Waals surface area contributed by atoms with Gasteiger partial charge in [-0.1, -0.05) is 0 Å². The van der Waals surface area contributed by atoms with Crippen LogP contribution in [0, 0.1) is 0 Å². The van der Waals surface area contributed by atoms with E-state index in [-0.39, 0.29) is 17.9 Å². The third kappa shape index (κ3) is 2.41. The van der Waals surface area contributed by atoms with Crippen molar-refractivity contribution >= 4 is 11.8 Å². The number of piperidine rings is 2. The Labute approximate surface area is 95.6 Å². The Morgan fingerprint density at radius 3 is 2.62 bits per heavy atom. The molecule has 0 aromatic rings. The zero-order chi connectivity index (χ0) is 11.5. The van der Waals surface area contributed by atoms with Crippen molar-refractivity contribution in [2.45, 2.75) is 37.8 Å². The lowest BCUT2D eigenvalue weighted by Crippen LogP contribution is -2.55. The van der Waals surface area contributed by atoms with Crippen LogP contribution in [-0.2, 0) is 9.59 Å². The molecule has 2 aliphatic heterocycles. The van der Waals surface area contributed by atoms with Crippen LogP contribution < -0.4 is 10.6 Å². The standard InChI is InChI=1S/C11H19N3O2/c1-14-10(15)3-2-9(11(14)16)13-8-4-6-12-7-5-8/h8-9,12-13H,2-7H2,1H3. The summed E-state index contributed by atoms with van der Waals surface area (Å²) in [4.78, 5) is 24.4. The molecule has 2 rings (SSSR count). The van der Waals surface area contributed by atoms with Crippen molar-refractivity contribution in [1.82, 2.24) is 15.5 Å². The smallest absolute Gasteiger partial charge is 0.246 e. The fraction of sp³-hybridized carbons (Fsp3) is 0.818. The Balaban J connectivity index is 1.89. The Bertz CT molecular complexity index is 287. The number of nitrogens with zero attached hydrogens (tertiary/aromatic N) is 1. The summed E-state index contributed by atoms with van der Waals surface area (Å²) in [5.74, 6) is -0.136. The van der Waals surface area contributed by atoms with Crippen LogP contribution >= 0.6 is 0 Å². The molecule has 2 saturated heterocycles. The molecule has 0 aromatic carbocycles. The SMILES string of the molecule is CN1C(=O)CCC(NC2CCNCC2)C1=O. The molecular formula is C11H19N3O2. The molecule has 5 nitrogen and oxygen atoms in total. The number of likely N-dealkylation sites (tertiary alicyclic amines) is 1. The van der Waals surface area contributed by atoms with Gasteiger partial charge < -0.3 is 10.6 Å². The van der Waals surface area contributed by atoms with Gasteiger partial charge in [-0.15, -0.1) is 0 Å². The topological polar surface area (TPSA) is 61.4 Å². The molecule has 0 spiro atoms. The van der Waals surface area contributed by atoms with Crippen molar-refractivity contribution in [3.63, 3.8) is 0 Å². The van der Waals surface area contributed by atoms with E-state index < -0.39 is 0 Å². The van der Waals surface area contributed by atoms with Gasteiger partial charge in [0.15, 0.2) is 0 Å². The van der Waals surface area contributed by atoms with Crippen LogP contribution in [0.25, 0.3) is 0 Å². The van der Waals surface area contributed by atoms with Crippen LogP contribution in [0.3, 0.4) is 0 Å². The zero-order valence-corrected chi connectivity index (χ0v) is 9.66. The summed E-state index contributed by atoms with van der Waals surface area (Å²) in [5, 5.41) is 6.66. The third-order valence-corrected chi connectivity index (χ3v) is 3.43. The van der Waals surface area contributed by atoms with Crippen LogP contribution in [0.15, 0.2) is 0 Å². The Hall–Kier alpha value is -0.940. The summed E-state index contributed by atoms with van der Waals surface area (Å²) in [5.41, 5.74) is 0. The second kappa shape index (κ2) is 4.93. The van der Waals surface area contributed by atoms with Crippen molar-refractivity contribution in [3.05, 3.63) is 0 Å². The summed E-state index contributed by atoms with van der Waals surface area (Å²) >= 11 is 0. The average Bonchev–Trinajstić information content (AvgIpc) is 2.31. The molecule has 0 saturated carbocycles. The van der Waals surface area contributed by atoms with Crippen LogP contribution in [0.2, 0.25) is 0 Å². The highest BCUT2D eigenvalue weighted by Crippen LogP contribution is 2.14. The number of carbonyl (C=O) groups excluding carboxylic acids is 2. The van der Waals surface area contributed by atoms with Gasteiger partial charge in [0.1, 0.15) is 0 Å². The number of rotatable bonds is 2. The van der Waals surface area contributed by atoms with Gasteiger partial charge in [-0.3, -0.25) is 14.5 Å². The molecule has 16 heavy (non-hydrogen) atoms. The lowest BCUT2D eigenvalue weighted by Gasteiger charge is -2.33. The number of carbonyl (C=O) groups is 2. The van der Waals surface area contributed by atoms with Gasteiger partial charge in [0, 0.05) is 19.5 Å². The van der Waals surface area contributed by atoms with Crippen molar-refractivity contribution in [1.29, 1.82) is 0 Å². The van der Waals surface area contributed by atoms with E-state index >= 15 is 0 Å². The van der Waals surface area contributed by atoms with Gasteiger partial charge in [-0.05, 0) is 32.4 Å². The summed E-state index contributed by atoms with van der Waals surface area (Å²) in [7, 11) is 1.57. The van der Waals surface area contributed by atoms with E-state index in [1.807, 2.05) is 0 Å². The first-order valence-electron chi connectivity index (χ1n) is 5.95. The van der Waals surface area contributed by atoms with E-state index in [4.69, 9.17) is 0 Å². The number of likely N-dealkylation sites (N-methyl/N-ethyl adjacent to an activating group) is 1. The van der Waals surface area contributed by atoms with E-state index in [1.165, 1.54) is 4.90 Å². The van der Waals surface area contributed by atoms with Gasteiger partial charge >= 0.3 is 0 Å². The molecule has 1 unspecified atom stereocenters. The minimum Gasteiger partial charge on any atom is -0.317 e. The van der Waals surface area contributed by atoms with Crippen molar-refractivity contribution < 1.29 is 9.59 Å². The van der Waals surface area contributed by atoms with Crippen molar-refractivity contribution in [3.8, 4) is 0 Å². The van der Waals surface area contributed by atoms with Crippen LogP contribution in [0.1, 0.15) is 25.7 Å². The molecule has 2 N–H and O–H groups in total. The number of amides is 2. The molecule has 5 heteroatoms. The van der Waals surface area contributed by atoms with Gasteiger partial charge in [0.25, 0.3) is 0 Å². The van der Waals surface area contributed by atoms with Crippen LogP contribution in [0.4, 0.5) is 0 Å². The zero-order valence-electron chi connectivity index (χ0n) is 9.66. The lowest BCUT2D eigenvalue weighted by atomic mass is 10.0. The Morgan fingerprint density at radius 1 is 1.25 bits per heavy atom. The summed E-state index contributed by atoms with van der Waals surface area (Å²) < 4.78 is 0. The van der Waals surface area contributed by atoms with E-state index in [0.717, 1.165) is 25.9 Å². The van der Waals surface area contributed by atoms with E-state index in [9.17, 15) is 9.59 Å². The second-order valence-electron chi connectivity index (χ2n) is 4.57. The molecule has 0 aliphatic carbocycles. The predicted octanol–water partition coefficient (Wildman–Crippen LogP) is -0.525. The maximum Gasteiger partial charge on any atom is 0.246 e. The molecular weight excluding hydrogens is 206 g/mol. The van der Waals surface area contributed by atoms with Gasteiger partial charge in [0.05, 0.1) is 6.04 Å². The summed E-state index contributed by atoms with van der Waals surface area (Å²) in [6.07, 6.45) is 3.24. The molecule has 2 fully saturated rings. The Morgan fingerprint density at radius 2 is 1.94 bits per heavy atom. The average molecular weight is 225 g/mol. The lowest BCUT2D eigenvalue weighted by molar-refractivity contribution is -0.148. The highest BCUT2D eigenvalue weighted by atomic mass is 16.2. The quantitative estimate of drug-likeness (QED) is 0.621.